The second kappa shape index (κ2) is 5.88. The van der Waals surface area contributed by atoms with Crippen LogP contribution in [0.5, 0.6) is 0 Å². The van der Waals surface area contributed by atoms with Crippen LogP contribution in [0.4, 0.5) is 18.9 Å². The van der Waals surface area contributed by atoms with Crippen LogP contribution in [0.15, 0.2) is 29.2 Å². The lowest BCUT2D eigenvalue weighted by Crippen LogP contribution is -2.07. The number of aromatic nitrogens is 2. The molecule has 0 bridgehead atoms. The molecule has 23 heavy (non-hydrogen) atoms. The normalized spacial score (nSPS) is 12.4. The summed E-state index contributed by atoms with van der Waals surface area (Å²) in [5.74, 6) is 0. The lowest BCUT2D eigenvalue weighted by molar-refractivity contribution is -0.141. The van der Waals surface area contributed by atoms with E-state index in [1.807, 2.05) is 0 Å². The summed E-state index contributed by atoms with van der Waals surface area (Å²) in [7, 11) is -1.86. The van der Waals surface area contributed by atoms with Crippen molar-refractivity contribution >= 4 is 15.5 Å². The van der Waals surface area contributed by atoms with Crippen molar-refractivity contribution in [2.75, 3.05) is 11.6 Å². The van der Waals surface area contributed by atoms with Crippen LogP contribution in [0, 0.1) is 6.92 Å². The van der Waals surface area contributed by atoms with E-state index in [-0.39, 0.29) is 11.4 Å². The van der Waals surface area contributed by atoms with Gasteiger partial charge >= 0.3 is 6.18 Å². The van der Waals surface area contributed by atoms with E-state index in [0.29, 0.717) is 16.9 Å². The lowest BCUT2D eigenvalue weighted by atomic mass is 10.2. The molecule has 9 heteroatoms. The monoisotopic (exact) mass is 347 g/mol. The number of nitrogens with one attached hydrogen (secondary N) is 1. The summed E-state index contributed by atoms with van der Waals surface area (Å²) >= 11 is 0. The van der Waals surface area contributed by atoms with Gasteiger partial charge in [0.1, 0.15) is 0 Å². The lowest BCUT2D eigenvalue weighted by Gasteiger charge is -2.11. The molecule has 0 amide bonds. The number of hydrogen-bond acceptors (Lipinski definition) is 4. The number of halogens is 3. The quantitative estimate of drug-likeness (QED) is 0.924. The van der Waals surface area contributed by atoms with E-state index in [0.717, 1.165) is 17.0 Å². The first-order valence-corrected chi connectivity index (χ1v) is 8.52. The van der Waals surface area contributed by atoms with Gasteiger partial charge in [-0.25, -0.2) is 8.42 Å². The minimum atomic E-state index is -4.48. The molecule has 0 aliphatic rings. The van der Waals surface area contributed by atoms with E-state index in [9.17, 15) is 21.6 Å². The Kier molecular flexibility index (Phi) is 4.43. The third-order valence-electron chi connectivity index (χ3n) is 3.35. The summed E-state index contributed by atoms with van der Waals surface area (Å²) < 4.78 is 62.0. The average Bonchev–Trinajstić information content (AvgIpc) is 2.77. The minimum absolute atomic E-state index is 0.138. The highest BCUT2D eigenvalue weighted by Crippen LogP contribution is 2.28. The third kappa shape index (κ3) is 4.04. The SMILES string of the molecule is Cc1cc(S(C)(=O)=O)ccc1NCc1cc(C(F)(F)F)nn1C. The van der Waals surface area contributed by atoms with Crippen LogP contribution in [-0.2, 0) is 29.6 Å². The van der Waals surface area contributed by atoms with Crippen LogP contribution < -0.4 is 5.32 Å². The molecule has 5 nitrogen and oxygen atoms in total. The van der Waals surface area contributed by atoms with E-state index in [1.165, 1.54) is 19.2 Å². The van der Waals surface area contributed by atoms with E-state index in [1.54, 1.807) is 13.0 Å². The van der Waals surface area contributed by atoms with Crippen LogP contribution in [-0.4, -0.2) is 24.5 Å². The molecule has 0 saturated carbocycles. The van der Waals surface area contributed by atoms with E-state index in [2.05, 4.69) is 10.4 Å². The van der Waals surface area contributed by atoms with Gasteiger partial charge in [0.2, 0.25) is 0 Å². The molecule has 1 heterocycles. The third-order valence-corrected chi connectivity index (χ3v) is 4.46. The Morgan fingerprint density at radius 1 is 1.26 bits per heavy atom. The number of anilines is 1. The first-order chi connectivity index (χ1) is 10.5. The molecule has 0 radical (unpaired) electrons. The summed E-state index contributed by atoms with van der Waals surface area (Å²) in [4.78, 5) is 0.195. The average molecular weight is 347 g/mol. The Morgan fingerprint density at radius 2 is 1.91 bits per heavy atom. The molecule has 126 valence electrons. The summed E-state index contributed by atoms with van der Waals surface area (Å²) in [6.45, 7) is 1.86. The van der Waals surface area contributed by atoms with E-state index in [4.69, 9.17) is 0 Å². The molecule has 0 unspecified atom stereocenters. The van der Waals surface area contributed by atoms with Crippen LogP contribution in [0.1, 0.15) is 17.0 Å². The fourth-order valence-corrected chi connectivity index (χ4v) is 2.77. The van der Waals surface area contributed by atoms with E-state index < -0.39 is 21.7 Å². The smallest absolute Gasteiger partial charge is 0.379 e. The molecule has 0 aliphatic heterocycles. The van der Waals surface area contributed by atoms with Crippen molar-refractivity contribution in [1.82, 2.24) is 9.78 Å². The van der Waals surface area contributed by atoms with Gasteiger partial charge in [0.05, 0.1) is 17.1 Å². The van der Waals surface area contributed by atoms with Gasteiger partial charge in [-0.15, -0.1) is 0 Å². The number of aryl methyl sites for hydroxylation is 2. The van der Waals surface area contributed by atoms with Crippen LogP contribution in [0.3, 0.4) is 0 Å². The predicted octanol–water partition coefficient (Wildman–Crippen LogP) is 2.76. The Bertz CT molecular complexity index is 826. The minimum Gasteiger partial charge on any atom is -0.379 e. The van der Waals surface area contributed by atoms with E-state index >= 15 is 0 Å². The molecule has 1 aromatic heterocycles. The summed E-state index contributed by atoms with van der Waals surface area (Å²) in [5, 5.41) is 6.43. The van der Waals surface area contributed by atoms with Crippen LogP contribution >= 0.6 is 0 Å². The molecule has 1 N–H and O–H groups in total. The first kappa shape index (κ1) is 17.3. The first-order valence-electron chi connectivity index (χ1n) is 6.63. The zero-order valence-corrected chi connectivity index (χ0v) is 13.6. The maximum atomic E-state index is 12.6. The Hall–Kier alpha value is -2.03. The molecule has 1 aromatic carbocycles. The number of hydrogen-bond donors (Lipinski definition) is 1. The van der Waals surface area contributed by atoms with Gasteiger partial charge in [0.15, 0.2) is 15.5 Å². The molecule has 0 fully saturated rings. The highest BCUT2D eigenvalue weighted by Gasteiger charge is 2.34. The Labute approximate surface area is 132 Å². The molecule has 0 atom stereocenters. The Morgan fingerprint density at radius 3 is 2.39 bits per heavy atom. The van der Waals surface area contributed by atoms with Crippen molar-refractivity contribution in [2.24, 2.45) is 7.05 Å². The fourth-order valence-electron chi connectivity index (χ4n) is 2.06. The standard InChI is InChI=1S/C14H16F3N3O2S/c1-9-6-11(23(3,21)22)4-5-12(9)18-8-10-7-13(14(15,16)17)19-20(10)2/h4-7,18H,8H2,1-3H3. The molecule has 0 spiro atoms. The number of alkyl halides is 3. The van der Waals surface area contributed by atoms with Gasteiger partial charge < -0.3 is 5.32 Å². The zero-order chi connectivity index (χ0) is 17.4. The molecular formula is C14H16F3N3O2S. The number of sulfone groups is 1. The van der Waals surface area contributed by atoms with Crippen LogP contribution in [0.2, 0.25) is 0 Å². The number of rotatable bonds is 4. The fraction of sp³-hybridized carbons (Fsp3) is 0.357. The van der Waals surface area contributed by atoms with Gasteiger partial charge in [-0.2, -0.15) is 18.3 Å². The van der Waals surface area contributed by atoms with Crippen molar-refractivity contribution in [3.8, 4) is 0 Å². The molecule has 0 saturated heterocycles. The van der Waals surface area contributed by atoms with Crippen molar-refractivity contribution in [1.29, 1.82) is 0 Å². The summed E-state index contributed by atoms with van der Waals surface area (Å²) in [6, 6.07) is 5.54. The van der Waals surface area contributed by atoms with Gasteiger partial charge in [-0.05, 0) is 36.8 Å². The maximum Gasteiger partial charge on any atom is 0.435 e. The molecular weight excluding hydrogens is 331 g/mol. The molecule has 2 rings (SSSR count). The van der Waals surface area contributed by atoms with Crippen molar-refractivity contribution in [3.05, 3.63) is 41.2 Å². The van der Waals surface area contributed by atoms with Crippen LogP contribution in [0.25, 0.3) is 0 Å². The number of nitrogens with zero attached hydrogens (tertiary/aromatic N) is 2. The second-order valence-electron chi connectivity index (χ2n) is 5.24. The highest BCUT2D eigenvalue weighted by atomic mass is 32.2. The molecule has 0 aliphatic carbocycles. The Balaban J connectivity index is 2.17. The van der Waals surface area contributed by atoms with Crippen molar-refractivity contribution in [3.63, 3.8) is 0 Å². The summed E-state index contributed by atoms with van der Waals surface area (Å²) in [5.41, 5.74) is 0.753. The van der Waals surface area contributed by atoms with Gasteiger partial charge in [0, 0.05) is 19.0 Å². The zero-order valence-electron chi connectivity index (χ0n) is 12.8. The number of benzene rings is 1. The second-order valence-corrected chi connectivity index (χ2v) is 7.26. The van der Waals surface area contributed by atoms with Crippen molar-refractivity contribution < 1.29 is 21.6 Å². The van der Waals surface area contributed by atoms with Gasteiger partial charge in [-0.3, -0.25) is 4.68 Å². The van der Waals surface area contributed by atoms with Gasteiger partial charge in [-0.1, -0.05) is 0 Å². The molecule has 2 aromatic rings. The summed E-state index contributed by atoms with van der Waals surface area (Å²) in [6.07, 6.45) is -3.37. The van der Waals surface area contributed by atoms with Crippen molar-refractivity contribution in [2.45, 2.75) is 24.5 Å². The van der Waals surface area contributed by atoms with Gasteiger partial charge in [0.25, 0.3) is 0 Å². The topological polar surface area (TPSA) is 64.0 Å². The predicted molar refractivity (Wildman–Crippen MR) is 79.8 cm³/mol. The maximum absolute atomic E-state index is 12.6. The highest BCUT2D eigenvalue weighted by molar-refractivity contribution is 7.90. The largest absolute Gasteiger partial charge is 0.435 e.